The molecule has 0 bridgehead atoms. The van der Waals surface area contributed by atoms with Gasteiger partial charge < -0.3 is 14.8 Å². The molecule has 5 heteroatoms. The summed E-state index contributed by atoms with van der Waals surface area (Å²) < 4.78 is 5.54. The Morgan fingerprint density at radius 2 is 2.54 bits per heavy atom. The Labute approximate surface area is 84.1 Å². The fourth-order valence-corrected chi connectivity index (χ4v) is 1.17. The third-order valence-corrected chi connectivity index (χ3v) is 2.10. The maximum absolute atomic E-state index is 11.3. The van der Waals surface area contributed by atoms with Gasteiger partial charge in [0.05, 0.1) is 17.3 Å². The second kappa shape index (κ2) is 4.43. The van der Waals surface area contributed by atoms with Crippen LogP contribution in [-0.4, -0.2) is 23.7 Å². The highest BCUT2D eigenvalue weighted by atomic mass is 79.9. The van der Waals surface area contributed by atoms with Gasteiger partial charge >= 0.3 is 0 Å². The molecule has 0 aliphatic rings. The summed E-state index contributed by atoms with van der Waals surface area (Å²) in [5.41, 5.74) is 0. The minimum absolute atomic E-state index is 0.0932. The third kappa shape index (κ3) is 2.57. The van der Waals surface area contributed by atoms with E-state index in [1.54, 1.807) is 13.0 Å². The van der Waals surface area contributed by atoms with Gasteiger partial charge in [0, 0.05) is 6.04 Å². The summed E-state index contributed by atoms with van der Waals surface area (Å²) in [7, 11) is 0. The highest BCUT2D eigenvalue weighted by molar-refractivity contribution is 9.10. The molecule has 1 aromatic rings. The predicted molar refractivity (Wildman–Crippen MR) is 50.4 cm³/mol. The molecule has 1 aromatic heterocycles. The molecule has 2 N–H and O–H groups in total. The summed E-state index contributed by atoms with van der Waals surface area (Å²) in [5.74, 6) is -0.112. The molecule has 0 saturated heterocycles. The van der Waals surface area contributed by atoms with E-state index in [0.29, 0.717) is 4.47 Å². The second-order valence-corrected chi connectivity index (χ2v) is 3.51. The molecule has 1 atom stereocenters. The molecule has 1 amide bonds. The van der Waals surface area contributed by atoms with Crippen molar-refractivity contribution in [3.05, 3.63) is 22.6 Å². The van der Waals surface area contributed by atoms with Crippen LogP contribution in [0.3, 0.4) is 0 Å². The molecule has 0 unspecified atom stereocenters. The minimum Gasteiger partial charge on any atom is -0.458 e. The standard InChI is InChI=1S/C8H10BrNO3/c1-5(4-11)10-8(12)7-6(9)2-3-13-7/h2-3,5,11H,4H2,1H3,(H,10,12)/t5-/m0/s1. The summed E-state index contributed by atoms with van der Waals surface area (Å²) >= 11 is 3.16. The fourth-order valence-electron chi connectivity index (χ4n) is 0.791. The first-order chi connectivity index (χ1) is 6.15. The first kappa shape index (κ1) is 10.3. The summed E-state index contributed by atoms with van der Waals surface area (Å²) in [5, 5.41) is 11.3. The first-order valence-electron chi connectivity index (χ1n) is 3.80. The Kier molecular flexibility index (Phi) is 3.50. The van der Waals surface area contributed by atoms with Crippen LogP contribution < -0.4 is 5.32 Å². The molecule has 0 radical (unpaired) electrons. The lowest BCUT2D eigenvalue weighted by atomic mass is 10.3. The van der Waals surface area contributed by atoms with Gasteiger partial charge in [-0.2, -0.15) is 0 Å². The fraction of sp³-hybridized carbons (Fsp3) is 0.375. The van der Waals surface area contributed by atoms with E-state index in [9.17, 15) is 4.79 Å². The summed E-state index contributed by atoms with van der Waals surface area (Å²) in [6.07, 6.45) is 1.42. The number of amides is 1. The van der Waals surface area contributed by atoms with Crippen LogP contribution in [0, 0.1) is 0 Å². The van der Waals surface area contributed by atoms with Gasteiger partial charge in [-0.15, -0.1) is 0 Å². The number of rotatable bonds is 3. The lowest BCUT2D eigenvalue weighted by Crippen LogP contribution is -2.34. The predicted octanol–water partition coefficient (Wildman–Crippen LogP) is 1.15. The van der Waals surface area contributed by atoms with Gasteiger partial charge in [-0.05, 0) is 28.9 Å². The SMILES string of the molecule is C[C@@H](CO)NC(=O)c1occc1Br. The minimum atomic E-state index is -0.335. The Hall–Kier alpha value is -0.810. The van der Waals surface area contributed by atoms with Crippen molar-refractivity contribution in [3.63, 3.8) is 0 Å². The van der Waals surface area contributed by atoms with Gasteiger partial charge in [-0.3, -0.25) is 4.79 Å². The van der Waals surface area contributed by atoms with Crippen LogP contribution >= 0.6 is 15.9 Å². The Bertz CT molecular complexity index is 297. The van der Waals surface area contributed by atoms with E-state index in [4.69, 9.17) is 9.52 Å². The molecule has 0 saturated carbocycles. The Balaban J connectivity index is 2.64. The van der Waals surface area contributed by atoms with Crippen LogP contribution in [0.5, 0.6) is 0 Å². The molecule has 0 spiro atoms. The largest absolute Gasteiger partial charge is 0.458 e. The van der Waals surface area contributed by atoms with Gasteiger partial charge in [0.1, 0.15) is 0 Å². The Morgan fingerprint density at radius 3 is 3.00 bits per heavy atom. The van der Waals surface area contributed by atoms with Crippen molar-refractivity contribution in [1.82, 2.24) is 5.32 Å². The first-order valence-corrected chi connectivity index (χ1v) is 4.59. The molecule has 0 aromatic carbocycles. The molecule has 72 valence electrons. The smallest absolute Gasteiger partial charge is 0.288 e. The molecule has 4 nitrogen and oxygen atoms in total. The average Bonchev–Trinajstić information content (AvgIpc) is 2.51. The van der Waals surface area contributed by atoms with Crippen LogP contribution in [0.1, 0.15) is 17.5 Å². The van der Waals surface area contributed by atoms with Gasteiger partial charge in [0.25, 0.3) is 5.91 Å². The van der Waals surface area contributed by atoms with Gasteiger partial charge in [-0.1, -0.05) is 0 Å². The maximum atomic E-state index is 11.3. The number of aliphatic hydroxyl groups excluding tert-OH is 1. The summed E-state index contributed by atoms with van der Waals surface area (Å²) in [6.45, 7) is 1.61. The normalized spacial score (nSPS) is 12.5. The van der Waals surface area contributed by atoms with Crippen LogP contribution in [-0.2, 0) is 0 Å². The van der Waals surface area contributed by atoms with E-state index >= 15 is 0 Å². The van der Waals surface area contributed by atoms with Crippen LogP contribution in [0.15, 0.2) is 21.2 Å². The van der Waals surface area contributed by atoms with E-state index in [1.165, 1.54) is 6.26 Å². The van der Waals surface area contributed by atoms with Gasteiger partial charge in [0.2, 0.25) is 5.76 Å². The van der Waals surface area contributed by atoms with Gasteiger partial charge in [-0.25, -0.2) is 0 Å². The van der Waals surface area contributed by atoms with E-state index in [0.717, 1.165) is 0 Å². The molecule has 1 rings (SSSR count). The van der Waals surface area contributed by atoms with Crippen molar-refractivity contribution in [2.75, 3.05) is 6.61 Å². The molecule has 0 aliphatic carbocycles. The quantitative estimate of drug-likeness (QED) is 0.843. The van der Waals surface area contributed by atoms with Crippen molar-refractivity contribution in [1.29, 1.82) is 0 Å². The second-order valence-electron chi connectivity index (χ2n) is 2.65. The van der Waals surface area contributed by atoms with E-state index in [-0.39, 0.29) is 24.3 Å². The van der Waals surface area contributed by atoms with E-state index in [2.05, 4.69) is 21.2 Å². The maximum Gasteiger partial charge on any atom is 0.288 e. The zero-order chi connectivity index (χ0) is 9.84. The van der Waals surface area contributed by atoms with Crippen molar-refractivity contribution in [2.45, 2.75) is 13.0 Å². The number of carbonyl (C=O) groups excluding carboxylic acids is 1. The summed E-state index contributed by atoms with van der Waals surface area (Å²) in [6, 6.07) is 1.36. The lowest BCUT2D eigenvalue weighted by Gasteiger charge is -2.08. The zero-order valence-electron chi connectivity index (χ0n) is 7.08. The molecule has 13 heavy (non-hydrogen) atoms. The number of furan rings is 1. The molecular weight excluding hydrogens is 238 g/mol. The molecule has 0 aliphatic heterocycles. The summed E-state index contributed by atoms with van der Waals surface area (Å²) in [4.78, 5) is 11.3. The Morgan fingerprint density at radius 1 is 1.85 bits per heavy atom. The van der Waals surface area contributed by atoms with E-state index < -0.39 is 0 Å². The third-order valence-electron chi connectivity index (χ3n) is 1.47. The highest BCUT2D eigenvalue weighted by Crippen LogP contribution is 2.17. The average molecular weight is 248 g/mol. The van der Waals surface area contributed by atoms with E-state index in [1.807, 2.05) is 0 Å². The van der Waals surface area contributed by atoms with Crippen molar-refractivity contribution in [3.8, 4) is 0 Å². The highest BCUT2D eigenvalue weighted by Gasteiger charge is 2.14. The molecular formula is C8H10BrNO3. The number of hydrogen-bond acceptors (Lipinski definition) is 3. The number of aliphatic hydroxyl groups is 1. The van der Waals surface area contributed by atoms with Crippen LogP contribution in [0.4, 0.5) is 0 Å². The van der Waals surface area contributed by atoms with Crippen molar-refractivity contribution in [2.24, 2.45) is 0 Å². The van der Waals surface area contributed by atoms with Crippen LogP contribution in [0.2, 0.25) is 0 Å². The van der Waals surface area contributed by atoms with Gasteiger partial charge in [0.15, 0.2) is 0 Å². The number of nitrogens with one attached hydrogen (secondary N) is 1. The monoisotopic (exact) mass is 247 g/mol. The zero-order valence-corrected chi connectivity index (χ0v) is 8.67. The lowest BCUT2D eigenvalue weighted by molar-refractivity contribution is 0.0893. The number of carbonyl (C=O) groups is 1. The molecule has 1 heterocycles. The van der Waals surface area contributed by atoms with Crippen LogP contribution in [0.25, 0.3) is 0 Å². The van der Waals surface area contributed by atoms with Crippen molar-refractivity contribution >= 4 is 21.8 Å². The topological polar surface area (TPSA) is 62.5 Å². The molecule has 0 fully saturated rings. The van der Waals surface area contributed by atoms with Crippen molar-refractivity contribution < 1.29 is 14.3 Å². The number of halogens is 1. The number of hydrogen-bond donors (Lipinski definition) is 2.